The number of nitrogens with zero attached hydrogens (tertiary/aromatic N) is 2. The van der Waals surface area contributed by atoms with E-state index in [1.807, 2.05) is 0 Å². The van der Waals surface area contributed by atoms with E-state index in [2.05, 4.69) is 5.92 Å². The summed E-state index contributed by atoms with van der Waals surface area (Å²) < 4.78 is 6.88. The van der Waals surface area contributed by atoms with Crippen molar-refractivity contribution in [2.45, 2.75) is 24.9 Å². The quantitative estimate of drug-likeness (QED) is 0.705. The molecule has 0 spiro atoms. The van der Waals surface area contributed by atoms with Crippen molar-refractivity contribution in [2.24, 2.45) is 0 Å². The second-order valence-corrected chi connectivity index (χ2v) is 5.80. The topological polar surface area (TPSA) is 111 Å². The number of hydrogen-bond acceptors (Lipinski definition) is 6. The van der Waals surface area contributed by atoms with Gasteiger partial charge in [-0.2, -0.15) is 4.57 Å². The molecule has 1 saturated heterocycles. The maximum Gasteiger partial charge on any atom is 0.340 e. The fourth-order valence-electron chi connectivity index (χ4n) is 2.82. The summed E-state index contributed by atoms with van der Waals surface area (Å²) in [6, 6.07) is 7.84. The highest BCUT2D eigenvalue weighted by atomic mass is 16.5. The zero-order valence-electron chi connectivity index (χ0n) is 13.6. The molecule has 3 atom stereocenters. The fourth-order valence-corrected chi connectivity index (χ4v) is 2.82. The number of benzene rings is 1. The molecule has 1 fully saturated rings. The van der Waals surface area contributed by atoms with Gasteiger partial charge in [-0.25, -0.2) is 4.79 Å². The van der Waals surface area contributed by atoms with Crippen LogP contribution in [0.2, 0.25) is 0 Å². The first-order valence-corrected chi connectivity index (χ1v) is 7.87. The number of carbonyl (C=O) groups excluding carboxylic acids is 1. The SMILES string of the molecule is C#Cc1cn([C@H]2C[C@H](O)[C@@H](CO)O2)c(=O)n(C(=O)c2ccccc2)c1=O. The third kappa shape index (κ3) is 2.99. The fraction of sp³-hybridized carbons (Fsp3) is 0.278. The Morgan fingerprint density at radius 1 is 1.31 bits per heavy atom. The van der Waals surface area contributed by atoms with Crippen LogP contribution in [-0.4, -0.2) is 44.1 Å². The van der Waals surface area contributed by atoms with E-state index in [-0.39, 0.29) is 17.5 Å². The van der Waals surface area contributed by atoms with Gasteiger partial charge in [-0.3, -0.25) is 14.2 Å². The van der Waals surface area contributed by atoms with Crippen molar-refractivity contribution in [1.82, 2.24) is 9.13 Å². The molecule has 0 bridgehead atoms. The molecule has 134 valence electrons. The molecule has 0 amide bonds. The van der Waals surface area contributed by atoms with Gasteiger partial charge in [-0.1, -0.05) is 24.1 Å². The lowest BCUT2D eigenvalue weighted by Crippen LogP contribution is -2.45. The Balaban J connectivity index is 2.15. The average Bonchev–Trinajstić information content (AvgIpc) is 3.03. The molecule has 1 aliphatic rings. The number of ether oxygens (including phenoxy) is 1. The van der Waals surface area contributed by atoms with E-state index in [1.165, 1.54) is 12.1 Å². The standard InChI is InChI=1S/C18H16N2O6/c1-2-11-9-19(15-8-13(22)14(10-21)26-15)18(25)20(16(11)23)17(24)12-6-4-3-5-7-12/h1,3-7,9,13-15,21-22H,8,10H2/t13-,14+,15+/m0/s1. The van der Waals surface area contributed by atoms with E-state index in [4.69, 9.17) is 11.2 Å². The third-order valence-electron chi connectivity index (χ3n) is 4.19. The van der Waals surface area contributed by atoms with Gasteiger partial charge >= 0.3 is 5.69 Å². The summed E-state index contributed by atoms with van der Waals surface area (Å²) >= 11 is 0. The highest BCUT2D eigenvalue weighted by Crippen LogP contribution is 2.27. The lowest BCUT2D eigenvalue weighted by Gasteiger charge is -2.16. The number of rotatable bonds is 3. The number of hydrogen-bond donors (Lipinski definition) is 2. The highest BCUT2D eigenvalue weighted by molar-refractivity contribution is 5.95. The number of carbonyl (C=O) groups is 1. The molecule has 3 rings (SSSR count). The zero-order chi connectivity index (χ0) is 18.8. The van der Waals surface area contributed by atoms with E-state index in [0.29, 0.717) is 4.57 Å². The first kappa shape index (κ1) is 17.8. The van der Waals surface area contributed by atoms with Gasteiger partial charge in [0.05, 0.1) is 12.7 Å². The van der Waals surface area contributed by atoms with Crippen molar-refractivity contribution in [3.63, 3.8) is 0 Å². The van der Waals surface area contributed by atoms with Gasteiger partial charge in [0.15, 0.2) is 0 Å². The summed E-state index contributed by atoms with van der Waals surface area (Å²) in [6.45, 7) is -0.434. The smallest absolute Gasteiger partial charge is 0.340 e. The van der Waals surface area contributed by atoms with Crippen LogP contribution in [0.3, 0.4) is 0 Å². The molecule has 2 N–H and O–H groups in total. The van der Waals surface area contributed by atoms with Gasteiger partial charge in [-0.05, 0) is 12.1 Å². The first-order chi connectivity index (χ1) is 12.5. The van der Waals surface area contributed by atoms with Gasteiger partial charge in [0.1, 0.15) is 17.9 Å². The Kier molecular flexibility index (Phi) is 4.86. The maximum atomic E-state index is 12.8. The van der Waals surface area contributed by atoms with E-state index >= 15 is 0 Å². The maximum absolute atomic E-state index is 12.8. The second-order valence-electron chi connectivity index (χ2n) is 5.80. The summed E-state index contributed by atoms with van der Waals surface area (Å²) in [5.41, 5.74) is -1.88. The van der Waals surface area contributed by atoms with Crippen LogP contribution in [0.4, 0.5) is 0 Å². The molecule has 0 unspecified atom stereocenters. The van der Waals surface area contributed by atoms with Crippen molar-refractivity contribution in [2.75, 3.05) is 6.61 Å². The van der Waals surface area contributed by atoms with E-state index in [1.54, 1.807) is 18.2 Å². The minimum absolute atomic E-state index is 0.00682. The molecule has 0 aliphatic carbocycles. The molecule has 8 heteroatoms. The van der Waals surface area contributed by atoms with Crippen LogP contribution in [0.15, 0.2) is 46.1 Å². The average molecular weight is 356 g/mol. The molecule has 1 aromatic heterocycles. The van der Waals surface area contributed by atoms with Crippen LogP contribution in [0.1, 0.15) is 28.6 Å². The molecule has 8 nitrogen and oxygen atoms in total. The van der Waals surface area contributed by atoms with E-state index in [9.17, 15) is 24.6 Å². The molecule has 1 aliphatic heterocycles. The third-order valence-corrected chi connectivity index (χ3v) is 4.19. The Bertz CT molecular complexity index is 985. The Morgan fingerprint density at radius 3 is 2.58 bits per heavy atom. The number of aromatic nitrogens is 2. The van der Waals surface area contributed by atoms with E-state index < -0.39 is 42.2 Å². The minimum atomic E-state index is -0.989. The summed E-state index contributed by atoms with van der Waals surface area (Å²) in [5, 5.41) is 19.1. The molecule has 0 radical (unpaired) electrons. The lowest BCUT2D eigenvalue weighted by molar-refractivity contribution is -0.0462. The molecule has 1 aromatic carbocycles. The van der Waals surface area contributed by atoms with Gasteiger partial charge in [0.2, 0.25) is 0 Å². The molecule has 26 heavy (non-hydrogen) atoms. The van der Waals surface area contributed by atoms with Crippen molar-refractivity contribution in [3.8, 4) is 12.3 Å². The molecule has 2 aromatic rings. The predicted molar refractivity (Wildman–Crippen MR) is 90.7 cm³/mol. The minimum Gasteiger partial charge on any atom is -0.394 e. The summed E-state index contributed by atoms with van der Waals surface area (Å²) in [6.07, 6.45) is 3.65. The molecule has 0 saturated carbocycles. The van der Waals surface area contributed by atoms with Crippen molar-refractivity contribution in [3.05, 3.63) is 68.5 Å². The number of aliphatic hydroxyl groups is 2. The predicted octanol–water partition coefficient (Wildman–Crippen LogP) is -0.680. The Labute approximate surface area is 147 Å². The van der Waals surface area contributed by atoms with E-state index in [0.717, 1.165) is 10.8 Å². The number of aliphatic hydroxyl groups excluding tert-OH is 2. The molecular weight excluding hydrogens is 340 g/mol. The Hall–Kier alpha value is -2.99. The molecule has 2 heterocycles. The lowest BCUT2D eigenvalue weighted by atomic mass is 10.2. The highest BCUT2D eigenvalue weighted by Gasteiger charge is 2.36. The monoisotopic (exact) mass is 356 g/mol. The normalized spacial score (nSPS) is 22.1. The summed E-state index contributed by atoms with van der Waals surface area (Å²) in [7, 11) is 0. The summed E-state index contributed by atoms with van der Waals surface area (Å²) in [5.74, 6) is 1.34. The second kappa shape index (κ2) is 7.09. The van der Waals surface area contributed by atoms with Crippen LogP contribution in [0.25, 0.3) is 0 Å². The van der Waals surface area contributed by atoms with Crippen molar-refractivity contribution >= 4 is 5.91 Å². The van der Waals surface area contributed by atoms with Crippen molar-refractivity contribution < 1.29 is 19.7 Å². The first-order valence-electron chi connectivity index (χ1n) is 7.87. The number of terminal acetylenes is 1. The summed E-state index contributed by atoms with van der Waals surface area (Å²) in [4.78, 5) is 37.9. The van der Waals surface area contributed by atoms with Gasteiger partial charge in [0, 0.05) is 18.2 Å². The molecular formula is C18H16N2O6. The van der Waals surface area contributed by atoms with Crippen LogP contribution in [0, 0.1) is 12.3 Å². The largest absolute Gasteiger partial charge is 0.394 e. The van der Waals surface area contributed by atoms with Crippen molar-refractivity contribution in [1.29, 1.82) is 0 Å². The van der Waals surface area contributed by atoms with Gasteiger partial charge in [0.25, 0.3) is 11.5 Å². The van der Waals surface area contributed by atoms with Gasteiger partial charge in [-0.15, -0.1) is 6.42 Å². The Morgan fingerprint density at radius 2 is 2.00 bits per heavy atom. The van der Waals surface area contributed by atoms with Crippen LogP contribution < -0.4 is 11.2 Å². The van der Waals surface area contributed by atoms with Gasteiger partial charge < -0.3 is 14.9 Å². The van der Waals surface area contributed by atoms with Crippen LogP contribution in [-0.2, 0) is 4.74 Å². The zero-order valence-corrected chi connectivity index (χ0v) is 13.6. The van der Waals surface area contributed by atoms with Crippen LogP contribution in [0.5, 0.6) is 0 Å². The van der Waals surface area contributed by atoms with Crippen LogP contribution >= 0.6 is 0 Å².